The Labute approximate surface area is 152 Å². The van der Waals surface area contributed by atoms with Crippen LogP contribution in [0.15, 0.2) is 17.3 Å². The quantitative estimate of drug-likeness (QED) is 0.859. The first-order chi connectivity index (χ1) is 12.7. The van der Waals surface area contributed by atoms with Gasteiger partial charge in [-0.1, -0.05) is 13.3 Å². The molecule has 2 fully saturated rings. The second-order valence-electron chi connectivity index (χ2n) is 7.72. The van der Waals surface area contributed by atoms with Gasteiger partial charge in [-0.2, -0.15) is 0 Å². The van der Waals surface area contributed by atoms with Gasteiger partial charge in [0, 0.05) is 12.0 Å². The third-order valence-electron chi connectivity index (χ3n) is 5.96. The number of aliphatic imine (C=N–C) groups is 1. The first-order valence-corrected chi connectivity index (χ1v) is 9.60. The molecule has 26 heavy (non-hydrogen) atoms. The SMILES string of the molecule is CC[C@@H]1C[C@H](OC(=O)NC2CC2)C[C@@H]1c1nnc2n1C1C=CNC1N=C2. The molecule has 0 bridgehead atoms. The van der Waals surface area contributed by atoms with E-state index in [0.29, 0.717) is 12.0 Å². The van der Waals surface area contributed by atoms with Crippen molar-refractivity contribution < 1.29 is 9.53 Å². The smallest absolute Gasteiger partial charge is 0.407 e. The molecule has 0 radical (unpaired) electrons. The molecule has 0 spiro atoms. The molecule has 138 valence electrons. The average Bonchev–Trinajstić information content (AvgIpc) is 3.03. The van der Waals surface area contributed by atoms with Crippen molar-refractivity contribution >= 4 is 12.3 Å². The standard InChI is InChI=1S/C18H24N6O2/c1-2-10-7-12(26-18(25)21-11-3-4-11)8-13(10)17-23-22-15-9-20-16-14(24(15)17)5-6-19-16/h5-6,9-14,16,19H,2-4,7-8H2,1H3,(H,21,25)/t10-,12+,13+,14?,16?/m1/s1. The zero-order chi connectivity index (χ0) is 17.7. The number of alkyl carbamates (subject to hydrolysis) is 1. The van der Waals surface area contributed by atoms with Gasteiger partial charge >= 0.3 is 6.09 Å². The predicted octanol–water partition coefficient (Wildman–Crippen LogP) is 1.86. The maximum atomic E-state index is 12.0. The van der Waals surface area contributed by atoms with Crippen LogP contribution in [0.5, 0.6) is 0 Å². The number of fused-ring (bicyclic) bond motifs is 3. The zero-order valence-corrected chi connectivity index (χ0v) is 14.8. The summed E-state index contributed by atoms with van der Waals surface area (Å²) in [4.78, 5) is 16.5. The van der Waals surface area contributed by atoms with E-state index in [1.165, 1.54) is 0 Å². The van der Waals surface area contributed by atoms with Crippen molar-refractivity contribution in [3.8, 4) is 0 Å². The number of carbonyl (C=O) groups excluding carboxylic acids is 1. The fraction of sp³-hybridized carbons (Fsp3) is 0.667. The van der Waals surface area contributed by atoms with Crippen molar-refractivity contribution in [2.24, 2.45) is 10.9 Å². The van der Waals surface area contributed by atoms with Crippen molar-refractivity contribution in [3.63, 3.8) is 0 Å². The molecule has 1 aromatic rings. The fourth-order valence-corrected chi connectivity index (χ4v) is 4.44. The van der Waals surface area contributed by atoms with Gasteiger partial charge in [0.1, 0.15) is 18.1 Å². The topological polar surface area (TPSA) is 93.4 Å². The van der Waals surface area contributed by atoms with Gasteiger partial charge in [0.15, 0.2) is 5.82 Å². The number of aromatic nitrogens is 3. The van der Waals surface area contributed by atoms with E-state index in [2.05, 4.69) is 43.4 Å². The first kappa shape index (κ1) is 15.8. The van der Waals surface area contributed by atoms with Gasteiger partial charge in [-0.05, 0) is 43.9 Å². The minimum atomic E-state index is -0.272. The Morgan fingerprint density at radius 1 is 1.38 bits per heavy atom. The van der Waals surface area contributed by atoms with E-state index in [4.69, 9.17) is 4.74 Å². The third-order valence-corrected chi connectivity index (χ3v) is 5.96. The highest BCUT2D eigenvalue weighted by Crippen LogP contribution is 2.43. The number of amides is 1. The van der Waals surface area contributed by atoms with E-state index in [1.54, 1.807) is 6.21 Å². The number of carbonyl (C=O) groups is 1. The Kier molecular flexibility index (Phi) is 3.72. The maximum Gasteiger partial charge on any atom is 0.407 e. The van der Waals surface area contributed by atoms with E-state index in [-0.39, 0.29) is 30.3 Å². The number of hydrogen-bond donors (Lipinski definition) is 2. The lowest BCUT2D eigenvalue weighted by Crippen LogP contribution is -2.33. The van der Waals surface area contributed by atoms with Gasteiger partial charge < -0.3 is 15.4 Å². The van der Waals surface area contributed by atoms with E-state index in [9.17, 15) is 4.79 Å². The minimum absolute atomic E-state index is 0.0232. The van der Waals surface area contributed by atoms with Crippen molar-refractivity contribution in [3.05, 3.63) is 23.9 Å². The molecule has 2 aliphatic carbocycles. The van der Waals surface area contributed by atoms with Crippen molar-refractivity contribution in [2.45, 2.75) is 69.3 Å². The molecule has 8 heteroatoms. The summed E-state index contributed by atoms with van der Waals surface area (Å²) in [5.74, 6) is 2.49. The number of nitrogens with one attached hydrogen (secondary N) is 2. The summed E-state index contributed by atoms with van der Waals surface area (Å²) in [5.41, 5.74) is 0. The summed E-state index contributed by atoms with van der Waals surface area (Å²) in [6.45, 7) is 2.19. The fourth-order valence-electron chi connectivity index (χ4n) is 4.44. The molecule has 3 heterocycles. The van der Waals surface area contributed by atoms with E-state index in [0.717, 1.165) is 43.8 Å². The van der Waals surface area contributed by atoms with Crippen LogP contribution in [0.1, 0.15) is 62.6 Å². The summed E-state index contributed by atoms with van der Waals surface area (Å²) in [7, 11) is 0. The highest BCUT2D eigenvalue weighted by Gasteiger charge is 2.42. The lowest BCUT2D eigenvalue weighted by Gasteiger charge is -2.26. The molecule has 0 aromatic carbocycles. The number of nitrogens with zero attached hydrogens (tertiary/aromatic N) is 4. The van der Waals surface area contributed by atoms with Gasteiger partial charge in [-0.3, -0.25) is 9.56 Å². The summed E-state index contributed by atoms with van der Waals surface area (Å²) in [6, 6.07) is 0.443. The largest absolute Gasteiger partial charge is 0.446 e. The van der Waals surface area contributed by atoms with Crippen LogP contribution in [0.2, 0.25) is 0 Å². The van der Waals surface area contributed by atoms with E-state index < -0.39 is 0 Å². The molecule has 2 aliphatic heterocycles. The predicted molar refractivity (Wildman–Crippen MR) is 94.9 cm³/mol. The number of ether oxygens (including phenoxy) is 1. The highest BCUT2D eigenvalue weighted by atomic mass is 16.6. The monoisotopic (exact) mass is 356 g/mol. The molecule has 8 nitrogen and oxygen atoms in total. The van der Waals surface area contributed by atoms with Crippen LogP contribution in [0.3, 0.4) is 0 Å². The molecule has 2 unspecified atom stereocenters. The van der Waals surface area contributed by atoms with Gasteiger partial charge in [-0.25, -0.2) is 4.79 Å². The van der Waals surface area contributed by atoms with Crippen LogP contribution >= 0.6 is 0 Å². The van der Waals surface area contributed by atoms with Gasteiger partial charge in [0.2, 0.25) is 0 Å². The summed E-state index contributed by atoms with van der Waals surface area (Å²) in [6.07, 6.45) is 10.4. The molecular weight excluding hydrogens is 332 g/mol. The van der Waals surface area contributed by atoms with Crippen LogP contribution in [-0.2, 0) is 4.74 Å². The Morgan fingerprint density at radius 3 is 3.08 bits per heavy atom. The van der Waals surface area contributed by atoms with Crippen molar-refractivity contribution in [1.29, 1.82) is 0 Å². The lowest BCUT2D eigenvalue weighted by atomic mass is 9.92. The second kappa shape index (κ2) is 6.10. The normalized spacial score (nSPS) is 34.3. The van der Waals surface area contributed by atoms with Crippen molar-refractivity contribution in [1.82, 2.24) is 25.4 Å². The number of hydrogen-bond acceptors (Lipinski definition) is 6. The molecule has 0 saturated heterocycles. The first-order valence-electron chi connectivity index (χ1n) is 9.60. The maximum absolute atomic E-state index is 12.0. The van der Waals surface area contributed by atoms with Crippen LogP contribution in [-0.4, -0.2) is 45.4 Å². The van der Waals surface area contributed by atoms with Gasteiger partial charge in [-0.15, -0.1) is 10.2 Å². The van der Waals surface area contributed by atoms with Gasteiger partial charge in [0.05, 0.1) is 12.3 Å². The van der Waals surface area contributed by atoms with E-state index in [1.807, 2.05) is 6.20 Å². The Balaban J connectivity index is 1.36. The molecule has 2 N–H and O–H groups in total. The second-order valence-corrected chi connectivity index (χ2v) is 7.72. The molecule has 1 amide bonds. The molecule has 4 aliphatic rings. The molecule has 1 aromatic heterocycles. The van der Waals surface area contributed by atoms with Crippen LogP contribution in [0.25, 0.3) is 0 Å². The third kappa shape index (κ3) is 2.68. The number of rotatable bonds is 4. The van der Waals surface area contributed by atoms with Crippen molar-refractivity contribution in [2.75, 3.05) is 0 Å². The zero-order valence-electron chi connectivity index (χ0n) is 14.8. The minimum Gasteiger partial charge on any atom is -0.446 e. The summed E-state index contributed by atoms with van der Waals surface area (Å²) < 4.78 is 7.90. The summed E-state index contributed by atoms with van der Waals surface area (Å²) >= 11 is 0. The molecule has 5 rings (SSSR count). The van der Waals surface area contributed by atoms with E-state index >= 15 is 0 Å². The van der Waals surface area contributed by atoms with Crippen LogP contribution < -0.4 is 10.6 Å². The molecular formula is C18H24N6O2. The Bertz CT molecular complexity index is 768. The molecule has 5 atom stereocenters. The highest BCUT2D eigenvalue weighted by molar-refractivity contribution is 5.76. The van der Waals surface area contributed by atoms with Gasteiger partial charge in [0.25, 0.3) is 0 Å². The Morgan fingerprint density at radius 2 is 2.27 bits per heavy atom. The lowest BCUT2D eigenvalue weighted by molar-refractivity contribution is 0.0976. The average molecular weight is 356 g/mol. The summed E-state index contributed by atoms with van der Waals surface area (Å²) in [5, 5.41) is 15.0. The Hall–Kier alpha value is -2.38. The van der Waals surface area contributed by atoms with Crippen LogP contribution in [0, 0.1) is 5.92 Å². The van der Waals surface area contributed by atoms with Crippen LogP contribution in [0.4, 0.5) is 4.79 Å². The molecule has 2 saturated carbocycles.